The maximum atomic E-state index is 13.9. The number of nitrogens with one attached hydrogen (secondary N) is 1. The van der Waals surface area contributed by atoms with E-state index in [4.69, 9.17) is 5.14 Å². The molecule has 0 saturated carbocycles. The smallest absolute Gasteiger partial charge is 0.257 e. The number of carbonyl (C=O) groups is 1. The van der Waals surface area contributed by atoms with E-state index in [1.165, 1.54) is 35.1 Å². The van der Waals surface area contributed by atoms with Crippen LogP contribution in [0.1, 0.15) is 10.4 Å². The average Bonchev–Trinajstić information content (AvgIpc) is 3.15. The van der Waals surface area contributed by atoms with Crippen LogP contribution in [0.15, 0.2) is 40.7 Å². The standard InChI is InChI=1S/C14H12FN5O3S2/c1-20-7-12(18-19-20)17-14(21)9-4-8(5-10(15)6-9)11-2-3-13(24-11)25(16,22)23/h2-7H,1H3,(H,17,21)(H2,16,22,23). The lowest BCUT2D eigenvalue weighted by Gasteiger charge is -2.05. The molecule has 1 aromatic carbocycles. The van der Waals surface area contributed by atoms with Crippen molar-refractivity contribution in [1.82, 2.24) is 15.0 Å². The van der Waals surface area contributed by atoms with Gasteiger partial charge in [0.15, 0.2) is 5.82 Å². The van der Waals surface area contributed by atoms with Crippen LogP contribution in [0.25, 0.3) is 10.4 Å². The summed E-state index contributed by atoms with van der Waals surface area (Å²) in [6, 6.07) is 6.57. The minimum Gasteiger partial charge on any atom is -0.304 e. The van der Waals surface area contributed by atoms with Gasteiger partial charge in [-0.1, -0.05) is 5.21 Å². The normalized spacial score (nSPS) is 11.5. The zero-order valence-corrected chi connectivity index (χ0v) is 14.4. The summed E-state index contributed by atoms with van der Waals surface area (Å²) < 4.78 is 38.0. The first-order valence-electron chi connectivity index (χ1n) is 6.83. The molecule has 0 saturated heterocycles. The van der Waals surface area contributed by atoms with Crippen molar-refractivity contribution in [1.29, 1.82) is 0 Å². The van der Waals surface area contributed by atoms with Gasteiger partial charge in [0.1, 0.15) is 10.0 Å². The Morgan fingerprint density at radius 3 is 2.68 bits per heavy atom. The summed E-state index contributed by atoms with van der Waals surface area (Å²) in [5.74, 6) is -0.970. The Hall–Kier alpha value is -2.63. The van der Waals surface area contributed by atoms with Crippen LogP contribution in [0.3, 0.4) is 0 Å². The van der Waals surface area contributed by atoms with Gasteiger partial charge in [-0.2, -0.15) is 0 Å². The molecule has 0 radical (unpaired) electrons. The monoisotopic (exact) mass is 381 g/mol. The highest BCUT2D eigenvalue weighted by molar-refractivity contribution is 7.91. The number of halogens is 1. The number of carbonyl (C=O) groups excluding carboxylic acids is 1. The molecular formula is C14H12FN5O3S2. The molecule has 130 valence electrons. The molecule has 0 bridgehead atoms. The molecule has 1 amide bonds. The molecule has 2 heterocycles. The molecule has 2 aromatic heterocycles. The summed E-state index contributed by atoms with van der Waals surface area (Å²) in [5.41, 5.74) is 0.426. The SMILES string of the molecule is Cn1cc(NC(=O)c2cc(F)cc(-c3ccc(S(N)(=O)=O)s3)c2)nn1. The molecule has 0 unspecified atom stereocenters. The van der Waals surface area contributed by atoms with Gasteiger partial charge in [0.05, 0.1) is 6.20 Å². The molecule has 3 aromatic rings. The van der Waals surface area contributed by atoms with Gasteiger partial charge in [-0.25, -0.2) is 17.9 Å². The fraction of sp³-hybridized carbons (Fsp3) is 0.0714. The third-order valence-electron chi connectivity index (χ3n) is 3.15. The first-order chi connectivity index (χ1) is 11.7. The molecule has 11 heteroatoms. The number of sulfonamides is 1. The minimum atomic E-state index is -3.84. The van der Waals surface area contributed by atoms with E-state index in [1.54, 1.807) is 7.05 Å². The molecule has 0 fully saturated rings. The summed E-state index contributed by atoms with van der Waals surface area (Å²) in [6.07, 6.45) is 1.50. The number of amides is 1. The fourth-order valence-electron chi connectivity index (χ4n) is 2.08. The van der Waals surface area contributed by atoms with E-state index < -0.39 is 21.7 Å². The number of aromatic nitrogens is 3. The first kappa shape index (κ1) is 17.2. The second kappa shape index (κ2) is 6.35. The molecule has 0 spiro atoms. The Balaban J connectivity index is 1.92. The predicted molar refractivity (Wildman–Crippen MR) is 90.0 cm³/mol. The van der Waals surface area contributed by atoms with Gasteiger partial charge in [0.2, 0.25) is 10.0 Å². The average molecular weight is 381 g/mol. The molecule has 0 atom stereocenters. The number of hydrogen-bond donors (Lipinski definition) is 2. The predicted octanol–water partition coefficient (Wildman–Crippen LogP) is 1.58. The Morgan fingerprint density at radius 2 is 2.08 bits per heavy atom. The topological polar surface area (TPSA) is 120 Å². The third-order valence-corrected chi connectivity index (χ3v) is 5.72. The first-order valence-corrected chi connectivity index (χ1v) is 9.20. The van der Waals surface area contributed by atoms with E-state index in [0.717, 1.165) is 17.4 Å². The highest BCUT2D eigenvalue weighted by atomic mass is 32.2. The second-order valence-corrected chi connectivity index (χ2v) is 8.00. The quantitative estimate of drug-likeness (QED) is 0.711. The fourth-order valence-corrected chi connectivity index (χ4v) is 3.80. The van der Waals surface area contributed by atoms with Crippen molar-refractivity contribution in [2.45, 2.75) is 4.21 Å². The van der Waals surface area contributed by atoms with Gasteiger partial charge in [-0.3, -0.25) is 9.48 Å². The lowest BCUT2D eigenvalue weighted by molar-refractivity contribution is 0.102. The van der Waals surface area contributed by atoms with Crippen LogP contribution < -0.4 is 10.5 Å². The molecule has 0 aliphatic carbocycles. The molecule has 0 aliphatic rings. The number of aryl methyl sites for hydroxylation is 1. The van der Waals surface area contributed by atoms with Gasteiger partial charge in [-0.15, -0.1) is 16.4 Å². The van der Waals surface area contributed by atoms with Crippen LogP contribution in [-0.2, 0) is 17.1 Å². The van der Waals surface area contributed by atoms with Crippen LogP contribution in [0, 0.1) is 5.82 Å². The van der Waals surface area contributed by atoms with Crippen LogP contribution in [0.2, 0.25) is 0 Å². The zero-order chi connectivity index (χ0) is 18.2. The number of hydrogen-bond acceptors (Lipinski definition) is 6. The van der Waals surface area contributed by atoms with Crippen molar-refractivity contribution >= 4 is 33.1 Å². The number of primary sulfonamides is 1. The van der Waals surface area contributed by atoms with E-state index >= 15 is 0 Å². The summed E-state index contributed by atoms with van der Waals surface area (Å²) in [5, 5.41) is 15.0. The van der Waals surface area contributed by atoms with Gasteiger partial charge in [0, 0.05) is 17.5 Å². The molecule has 8 nitrogen and oxygen atoms in total. The third kappa shape index (κ3) is 3.90. The Bertz CT molecular complexity index is 1060. The maximum Gasteiger partial charge on any atom is 0.257 e. The number of thiophene rings is 1. The Morgan fingerprint density at radius 1 is 1.32 bits per heavy atom. The summed E-state index contributed by atoms with van der Waals surface area (Å²) >= 11 is 0.892. The van der Waals surface area contributed by atoms with Crippen molar-refractivity contribution < 1.29 is 17.6 Å². The van der Waals surface area contributed by atoms with Crippen molar-refractivity contribution in [3.05, 3.63) is 47.9 Å². The van der Waals surface area contributed by atoms with E-state index in [9.17, 15) is 17.6 Å². The summed E-state index contributed by atoms with van der Waals surface area (Å²) in [6.45, 7) is 0. The molecular weight excluding hydrogens is 369 g/mol. The van der Waals surface area contributed by atoms with Crippen LogP contribution in [-0.4, -0.2) is 29.3 Å². The van der Waals surface area contributed by atoms with Crippen LogP contribution in [0.4, 0.5) is 10.2 Å². The lowest BCUT2D eigenvalue weighted by Crippen LogP contribution is -2.12. The Labute approximate surface area is 146 Å². The van der Waals surface area contributed by atoms with E-state index in [1.807, 2.05) is 0 Å². The van der Waals surface area contributed by atoms with Crippen LogP contribution >= 0.6 is 11.3 Å². The highest BCUT2D eigenvalue weighted by Gasteiger charge is 2.15. The maximum absolute atomic E-state index is 13.9. The van der Waals surface area contributed by atoms with Crippen molar-refractivity contribution in [3.63, 3.8) is 0 Å². The van der Waals surface area contributed by atoms with Crippen molar-refractivity contribution in [3.8, 4) is 10.4 Å². The highest BCUT2D eigenvalue weighted by Crippen LogP contribution is 2.31. The summed E-state index contributed by atoms with van der Waals surface area (Å²) in [7, 11) is -2.20. The van der Waals surface area contributed by atoms with E-state index in [0.29, 0.717) is 10.4 Å². The van der Waals surface area contributed by atoms with Gasteiger partial charge >= 0.3 is 0 Å². The largest absolute Gasteiger partial charge is 0.304 e. The van der Waals surface area contributed by atoms with E-state index in [2.05, 4.69) is 15.6 Å². The zero-order valence-electron chi connectivity index (χ0n) is 12.8. The van der Waals surface area contributed by atoms with E-state index in [-0.39, 0.29) is 15.6 Å². The number of anilines is 1. The molecule has 3 rings (SSSR count). The number of rotatable bonds is 4. The summed E-state index contributed by atoms with van der Waals surface area (Å²) in [4.78, 5) is 12.7. The van der Waals surface area contributed by atoms with Gasteiger partial charge in [0.25, 0.3) is 5.91 Å². The lowest BCUT2D eigenvalue weighted by atomic mass is 10.1. The molecule has 3 N–H and O–H groups in total. The Kier molecular flexibility index (Phi) is 4.37. The molecule has 25 heavy (non-hydrogen) atoms. The second-order valence-electron chi connectivity index (χ2n) is 5.12. The van der Waals surface area contributed by atoms with Crippen LogP contribution in [0.5, 0.6) is 0 Å². The number of nitrogens with two attached hydrogens (primary N) is 1. The van der Waals surface area contributed by atoms with Gasteiger partial charge < -0.3 is 5.32 Å². The number of benzene rings is 1. The minimum absolute atomic E-state index is 0.0441. The van der Waals surface area contributed by atoms with Crippen molar-refractivity contribution in [2.24, 2.45) is 12.2 Å². The number of nitrogens with zero attached hydrogens (tertiary/aromatic N) is 3. The van der Waals surface area contributed by atoms with Crippen molar-refractivity contribution in [2.75, 3.05) is 5.32 Å². The van der Waals surface area contributed by atoms with Gasteiger partial charge in [-0.05, 0) is 35.9 Å². The molecule has 0 aliphatic heterocycles.